The average Bonchev–Trinajstić information content (AvgIpc) is 2.36. The maximum atomic E-state index is 5.17. The molecule has 90 valence electrons. The van der Waals surface area contributed by atoms with Gasteiger partial charge in [0.05, 0.1) is 13.0 Å². The van der Waals surface area contributed by atoms with Gasteiger partial charge >= 0.3 is 0 Å². The molecule has 0 spiro atoms. The fraction of sp³-hybridized carbons (Fsp3) is 0.375. The first-order valence-corrected chi connectivity index (χ1v) is 5.92. The van der Waals surface area contributed by atoms with Gasteiger partial charge in [-0.05, 0) is 37.5 Å². The van der Waals surface area contributed by atoms with E-state index in [4.69, 9.17) is 4.74 Å². The lowest BCUT2D eigenvalue weighted by atomic mass is 9.87. The van der Waals surface area contributed by atoms with Gasteiger partial charge in [-0.25, -0.2) is 0 Å². The monoisotopic (exact) mass is 228 g/mol. The van der Waals surface area contributed by atoms with Gasteiger partial charge in [0.2, 0.25) is 0 Å². The second kappa shape index (κ2) is 6.81. The smallest absolute Gasteiger partial charge is 0.118 e. The largest absolute Gasteiger partial charge is 0.497 e. The van der Waals surface area contributed by atoms with Crippen LogP contribution in [-0.2, 0) is 0 Å². The molecule has 0 heterocycles. The second-order valence-corrected chi connectivity index (χ2v) is 4.03. The number of rotatable bonds is 4. The first kappa shape index (κ1) is 13.4. The first-order chi connectivity index (χ1) is 8.22. The van der Waals surface area contributed by atoms with Crippen LogP contribution < -0.4 is 4.74 Å². The van der Waals surface area contributed by atoms with E-state index < -0.39 is 0 Å². The molecule has 17 heavy (non-hydrogen) atoms. The molecule has 1 aromatic rings. The van der Waals surface area contributed by atoms with Crippen molar-refractivity contribution in [2.45, 2.75) is 26.7 Å². The van der Waals surface area contributed by atoms with Gasteiger partial charge in [0.15, 0.2) is 0 Å². The molecule has 0 N–H and O–H groups in total. The molecule has 0 fully saturated rings. The van der Waals surface area contributed by atoms with Crippen LogP contribution in [0.3, 0.4) is 0 Å². The molecule has 0 bridgehead atoms. The highest BCUT2D eigenvalue weighted by molar-refractivity contribution is 5.34. The molecule has 0 aliphatic rings. The van der Waals surface area contributed by atoms with Gasteiger partial charge < -0.3 is 4.74 Å². The highest BCUT2D eigenvalue weighted by Crippen LogP contribution is 2.26. The molecule has 0 radical (unpaired) electrons. The van der Waals surface area contributed by atoms with E-state index in [2.05, 4.69) is 43.0 Å². The quantitative estimate of drug-likeness (QED) is 0.559. The summed E-state index contributed by atoms with van der Waals surface area (Å²) in [5.41, 5.74) is 1.24. The standard InChI is InChI=1S/C16H20O/c1-5-7-13(3)16(8-6-2)14-9-11-15(17-4)12-10-14/h5,7,9-13,16H,1-4H3/b7-5+/t13-,16+/m0/s1. The predicted octanol–water partition coefficient (Wildman–Crippen LogP) is 4.01. The molecule has 0 aromatic heterocycles. The Kier molecular flexibility index (Phi) is 5.36. The molecule has 0 saturated heterocycles. The lowest BCUT2D eigenvalue weighted by Gasteiger charge is -2.16. The zero-order chi connectivity index (χ0) is 12.7. The normalized spacial score (nSPS) is 13.9. The molecule has 0 aliphatic heterocycles. The summed E-state index contributed by atoms with van der Waals surface area (Å²) in [6.45, 7) is 6.12. The van der Waals surface area contributed by atoms with E-state index >= 15 is 0 Å². The predicted molar refractivity (Wildman–Crippen MR) is 73.2 cm³/mol. The van der Waals surface area contributed by atoms with Gasteiger partial charge in [-0.2, -0.15) is 0 Å². The van der Waals surface area contributed by atoms with Crippen molar-refractivity contribution in [3.05, 3.63) is 42.0 Å². The van der Waals surface area contributed by atoms with E-state index in [1.807, 2.05) is 26.0 Å². The zero-order valence-corrected chi connectivity index (χ0v) is 11.0. The van der Waals surface area contributed by atoms with E-state index in [9.17, 15) is 0 Å². The highest BCUT2D eigenvalue weighted by Gasteiger charge is 2.14. The van der Waals surface area contributed by atoms with Crippen LogP contribution in [0.5, 0.6) is 5.75 Å². The molecule has 1 heteroatoms. The molecule has 1 aromatic carbocycles. The van der Waals surface area contributed by atoms with Crippen molar-refractivity contribution in [3.8, 4) is 17.6 Å². The minimum atomic E-state index is 0.252. The number of methoxy groups -OCH3 is 1. The Bertz CT molecular complexity index is 417. The van der Waals surface area contributed by atoms with Gasteiger partial charge in [0.25, 0.3) is 0 Å². The molecular formula is C16H20O. The third-order valence-electron chi connectivity index (χ3n) is 2.80. The summed E-state index contributed by atoms with van der Waals surface area (Å²) in [6.07, 6.45) is 4.28. The molecule has 1 nitrogen and oxygen atoms in total. The lowest BCUT2D eigenvalue weighted by molar-refractivity contribution is 0.414. The van der Waals surface area contributed by atoms with Crippen molar-refractivity contribution >= 4 is 0 Å². The van der Waals surface area contributed by atoms with Crippen molar-refractivity contribution in [1.29, 1.82) is 0 Å². The first-order valence-electron chi connectivity index (χ1n) is 5.92. The highest BCUT2D eigenvalue weighted by atomic mass is 16.5. The van der Waals surface area contributed by atoms with Crippen LogP contribution >= 0.6 is 0 Å². The minimum Gasteiger partial charge on any atom is -0.497 e. The molecule has 2 atom stereocenters. The number of hydrogen-bond donors (Lipinski definition) is 0. The summed E-state index contributed by atoms with van der Waals surface area (Å²) < 4.78 is 5.17. The maximum Gasteiger partial charge on any atom is 0.118 e. The van der Waals surface area contributed by atoms with Crippen LogP contribution in [0.4, 0.5) is 0 Å². The summed E-state index contributed by atoms with van der Waals surface area (Å²) in [4.78, 5) is 0. The minimum absolute atomic E-state index is 0.252. The SMILES string of the molecule is CC#C[C@@H](c1ccc(OC)cc1)[C@@H](C)/C=C/C. The lowest BCUT2D eigenvalue weighted by Crippen LogP contribution is -2.05. The maximum absolute atomic E-state index is 5.17. The number of hydrogen-bond acceptors (Lipinski definition) is 1. The zero-order valence-electron chi connectivity index (χ0n) is 11.0. The van der Waals surface area contributed by atoms with Crippen molar-refractivity contribution in [3.63, 3.8) is 0 Å². The van der Waals surface area contributed by atoms with Crippen molar-refractivity contribution < 1.29 is 4.74 Å². The summed E-state index contributed by atoms with van der Waals surface area (Å²) in [5, 5.41) is 0. The molecule has 0 aliphatic carbocycles. The molecule has 0 amide bonds. The molecule has 0 unspecified atom stereocenters. The van der Waals surface area contributed by atoms with E-state index in [1.54, 1.807) is 7.11 Å². The van der Waals surface area contributed by atoms with Crippen LogP contribution in [0.2, 0.25) is 0 Å². The van der Waals surface area contributed by atoms with Crippen LogP contribution in [0.25, 0.3) is 0 Å². The second-order valence-electron chi connectivity index (χ2n) is 4.03. The summed E-state index contributed by atoms with van der Waals surface area (Å²) in [6, 6.07) is 8.16. The van der Waals surface area contributed by atoms with Crippen molar-refractivity contribution in [2.24, 2.45) is 5.92 Å². The third-order valence-corrected chi connectivity index (χ3v) is 2.80. The Morgan fingerprint density at radius 2 is 1.88 bits per heavy atom. The van der Waals surface area contributed by atoms with E-state index in [0.717, 1.165) is 5.75 Å². The number of ether oxygens (including phenoxy) is 1. The van der Waals surface area contributed by atoms with Crippen LogP contribution in [0, 0.1) is 17.8 Å². The van der Waals surface area contributed by atoms with Gasteiger partial charge in [-0.1, -0.05) is 37.1 Å². The molecule has 1 rings (SSSR count). The van der Waals surface area contributed by atoms with E-state index in [1.165, 1.54) is 5.56 Å². The van der Waals surface area contributed by atoms with Crippen molar-refractivity contribution in [2.75, 3.05) is 7.11 Å². The van der Waals surface area contributed by atoms with Gasteiger partial charge in [-0.15, -0.1) is 5.92 Å². The molecule has 0 saturated carbocycles. The summed E-state index contributed by atoms with van der Waals surface area (Å²) in [5.74, 6) is 7.85. The fourth-order valence-electron chi connectivity index (χ4n) is 1.90. The van der Waals surface area contributed by atoms with Crippen LogP contribution in [0.15, 0.2) is 36.4 Å². The Balaban J connectivity index is 2.99. The average molecular weight is 228 g/mol. The van der Waals surface area contributed by atoms with Gasteiger partial charge in [0, 0.05) is 0 Å². The number of allylic oxidation sites excluding steroid dienone is 2. The van der Waals surface area contributed by atoms with E-state index in [0.29, 0.717) is 5.92 Å². The summed E-state index contributed by atoms with van der Waals surface area (Å²) in [7, 11) is 1.68. The van der Waals surface area contributed by atoms with Gasteiger partial charge in [0.1, 0.15) is 5.75 Å². The Morgan fingerprint density at radius 1 is 1.24 bits per heavy atom. The summed E-state index contributed by atoms with van der Waals surface area (Å²) >= 11 is 0. The third kappa shape index (κ3) is 3.67. The van der Waals surface area contributed by atoms with Crippen molar-refractivity contribution in [1.82, 2.24) is 0 Å². The Labute approximate surface area is 105 Å². The van der Waals surface area contributed by atoms with Gasteiger partial charge in [-0.3, -0.25) is 0 Å². The molecular weight excluding hydrogens is 208 g/mol. The topological polar surface area (TPSA) is 9.23 Å². The van der Waals surface area contributed by atoms with Crippen LogP contribution in [-0.4, -0.2) is 7.11 Å². The number of benzene rings is 1. The fourth-order valence-corrected chi connectivity index (χ4v) is 1.90. The Morgan fingerprint density at radius 3 is 2.35 bits per heavy atom. The van der Waals surface area contributed by atoms with E-state index in [-0.39, 0.29) is 5.92 Å². The Hall–Kier alpha value is -1.68. The van der Waals surface area contributed by atoms with Crippen LogP contribution in [0.1, 0.15) is 32.3 Å².